The van der Waals surface area contributed by atoms with Crippen LogP contribution in [0.15, 0.2) is 6.33 Å². The van der Waals surface area contributed by atoms with Crippen molar-refractivity contribution >= 4 is 17.3 Å². The van der Waals surface area contributed by atoms with Crippen molar-refractivity contribution in [3.8, 4) is 0 Å². The highest BCUT2D eigenvalue weighted by Crippen LogP contribution is 2.25. The van der Waals surface area contributed by atoms with Crippen LogP contribution in [-0.2, 0) is 0 Å². The molecule has 0 aliphatic heterocycles. The van der Waals surface area contributed by atoms with Crippen LogP contribution in [0.2, 0.25) is 0 Å². The zero-order valence-electron chi connectivity index (χ0n) is 8.04. The summed E-state index contributed by atoms with van der Waals surface area (Å²) in [6, 6.07) is 0. The Morgan fingerprint density at radius 2 is 2.40 bits per heavy atom. The SMILES string of the molecule is C[C@H](O)CNc1ncnc(N)c1[N+](=O)[O-]. The molecule has 8 heteroatoms. The maximum atomic E-state index is 10.6. The molecule has 1 rings (SSSR count). The van der Waals surface area contributed by atoms with Crippen LogP contribution < -0.4 is 11.1 Å². The normalized spacial score (nSPS) is 12.1. The van der Waals surface area contributed by atoms with Crippen LogP contribution in [0.3, 0.4) is 0 Å². The highest BCUT2D eigenvalue weighted by Gasteiger charge is 2.20. The molecule has 1 aromatic heterocycles. The molecule has 1 heterocycles. The lowest BCUT2D eigenvalue weighted by Crippen LogP contribution is -2.17. The van der Waals surface area contributed by atoms with Gasteiger partial charge in [0.15, 0.2) is 0 Å². The van der Waals surface area contributed by atoms with Crippen molar-refractivity contribution in [2.75, 3.05) is 17.6 Å². The van der Waals surface area contributed by atoms with E-state index in [9.17, 15) is 10.1 Å². The topological polar surface area (TPSA) is 127 Å². The predicted molar refractivity (Wildman–Crippen MR) is 53.3 cm³/mol. The van der Waals surface area contributed by atoms with E-state index in [1.54, 1.807) is 6.92 Å². The fourth-order valence-electron chi connectivity index (χ4n) is 0.946. The summed E-state index contributed by atoms with van der Waals surface area (Å²) in [7, 11) is 0. The number of nitrogens with two attached hydrogens (primary N) is 1. The first-order chi connectivity index (χ1) is 7.02. The first kappa shape index (κ1) is 11.1. The summed E-state index contributed by atoms with van der Waals surface area (Å²) in [5, 5.41) is 22.2. The van der Waals surface area contributed by atoms with Crippen LogP contribution >= 0.6 is 0 Å². The Kier molecular flexibility index (Phi) is 3.34. The highest BCUT2D eigenvalue weighted by atomic mass is 16.6. The summed E-state index contributed by atoms with van der Waals surface area (Å²) >= 11 is 0. The van der Waals surface area contributed by atoms with Gasteiger partial charge in [0.1, 0.15) is 6.33 Å². The average molecular weight is 213 g/mol. The number of nitrogen functional groups attached to an aromatic ring is 1. The molecule has 0 spiro atoms. The standard InChI is InChI=1S/C7H11N5O3/c1-4(13)2-9-7-5(12(14)15)6(8)10-3-11-7/h3-4,13H,2H2,1H3,(H3,8,9,10,11)/t4-/m0/s1. The Hall–Kier alpha value is -1.96. The molecule has 1 atom stereocenters. The van der Waals surface area contributed by atoms with Gasteiger partial charge in [-0.15, -0.1) is 0 Å². The molecule has 0 saturated carbocycles. The number of anilines is 2. The van der Waals surface area contributed by atoms with Crippen LogP contribution in [0.25, 0.3) is 0 Å². The van der Waals surface area contributed by atoms with Crippen molar-refractivity contribution in [3.63, 3.8) is 0 Å². The first-order valence-electron chi connectivity index (χ1n) is 4.19. The minimum Gasteiger partial charge on any atom is -0.392 e. The molecule has 0 saturated heterocycles. The molecule has 0 radical (unpaired) electrons. The summed E-state index contributed by atoms with van der Waals surface area (Å²) in [6.07, 6.45) is 0.480. The summed E-state index contributed by atoms with van der Waals surface area (Å²) in [5.74, 6) is -0.198. The largest absolute Gasteiger partial charge is 0.392 e. The predicted octanol–water partition coefficient (Wildman–Crippen LogP) is -0.240. The summed E-state index contributed by atoms with van der Waals surface area (Å²) in [6.45, 7) is 1.70. The molecule has 82 valence electrons. The molecule has 0 aliphatic rings. The minimum absolute atomic E-state index is 0.00778. The van der Waals surface area contributed by atoms with Gasteiger partial charge in [-0.1, -0.05) is 0 Å². The van der Waals surface area contributed by atoms with Crippen LogP contribution in [0, 0.1) is 10.1 Å². The van der Waals surface area contributed by atoms with Gasteiger partial charge in [-0.05, 0) is 6.92 Å². The third-order valence-corrected chi connectivity index (χ3v) is 1.60. The quantitative estimate of drug-likeness (QED) is 0.465. The van der Waals surface area contributed by atoms with Crippen LogP contribution in [-0.4, -0.2) is 32.6 Å². The van der Waals surface area contributed by atoms with E-state index in [1.165, 1.54) is 0 Å². The monoisotopic (exact) mass is 213 g/mol. The summed E-state index contributed by atoms with van der Waals surface area (Å²) < 4.78 is 0. The Morgan fingerprint density at radius 1 is 1.73 bits per heavy atom. The van der Waals surface area contributed by atoms with Gasteiger partial charge in [-0.2, -0.15) is 0 Å². The van der Waals surface area contributed by atoms with E-state index in [4.69, 9.17) is 10.8 Å². The van der Waals surface area contributed by atoms with Gasteiger partial charge in [0, 0.05) is 6.54 Å². The van der Waals surface area contributed by atoms with Gasteiger partial charge in [-0.25, -0.2) is 9.97 Å². The number of nitrogens with one attached hydrogen (secondary N) is 1. The van der Waals surface area contributed by atoms with E-state index in [0.717, 1.165) is 6.33 Å². The molecule has 0 aromatic carbocycles. The number of hydrogen-bond donors (Lipinski definition) is 3. The van der Waals surface area contributed by atoms with E-state index < -0.39 is 11.0 Å². The molecule has 15 heavy (non-hydrogen) atoms. The van der Waals surface area contributed by atoms with Gasteiger partial charge in [-0.3, -0.25) is 10.1 Å². The van der Waals surface area contributed by atoms with Crippen LogP contribution in [0.1, 0.15) is 6.92 Å². The van der Waals surface area contributed by atoms with E-state index in [-0.39, 0.29) is 23.9 Å². The number of rotatable bonds is 4. The second-order valence-electron chi connectivity index (χ2n) is 2.94. The summed E-state index contributed by atoms with van der Waals surface area (Å²) in [5.41, 5.74) is 4.96. The number of nitro groups is 1. The second-order valence-corrected chi connectivity index (χ2v) is 2.94. The van der Waals surface area contributed by atoms with Gasteiger partial charge in [0.05, 0.1) is 11.0 Å². The van der Waals surface area contributed by atoms with E-state index >= 15 is 0 Å². The van der Waals surface area contributed by atoms with Gasteiger partial charge >= 0.3 is 5.69 Å². The molecular weight excluding hydrogens is 202 g/mol. The Balaban J connectivity index is 2.96. The Bertz CT molecular complexity index is 368. The van der Waals surface area contributed by atoms with E-state index in [1.807, 2.05) is 0 Å². The molecular formula is C7H11N5O3. The number of aliphatic hydroxyl groups is 1. The number of nitrogens with zero attached hydrogens (tertiary/aromatic N) is 3. The Labute approximate surface area is 85.3 Å². The first-order valence-corrected chi connectivity index (χ1v) is 4.19. The second kappa shape index (κ2) is 4.51. The maximum absolute atomic E-state index is 10.6. The van der Waals surface area contributed by atoms with Crippen molar-refractivity contribution in [2.45, 2.75) is 13.0 Å². The van der Waals surface area contributed by atoms with Crippen molar-refractivity contribution in [1.29, 1.82) is 0 Å². The average Bonchev–Trinajstić information content (AvgIpc) is 2.13. The highest BCUT2D eigenvalue weighted by molar-refractivity contribution is 5.67. The minimum atomic E-state index is -0.667. The van der Waals surface area contributed by atoms with Gasteiger partial charge in [0.2, 0.25) is 11.6 Å². The maximum Gasteiger partial charge on any atom is 0.352 e. The third-order valence-electron chi connectivity index (χ3n) is 1.60. The third kappa shape index (κ3) is 2.74. The lowest BCUT2D eigenvalue weighted by atomic mass is 10.4. The Morgan fingerprint density at radius 3 is 2.93 bits per heavy atom. The molecule has 4 N–H and O–H groups in total. The molecule has 0 amide bonds. The van der Waals surface area contributed by atoms with E-state index in [2.05, 4.69) is 15.3 Å². The molecule has 0 unspecified atom stereocenters. The van der Waals surface area contributed by atoms with Crippen LogP contribution in [0.4, 0.5) is 17.3 Å². The smallest absolute Gasteiger partial charge is 0.352 e. The molecule has 0 aliphatic carbocycles. The number of hydrogen-bond acceptors (Lipinski definition) is 7. The molecule has 0 fully saturated rings. The molecule has 0 bridgehead atoms. The van der Waals surface area contributed by atoms with Gasteiger partial charge < -0.3 is 16.2 Å². The lowest BCUT2D eigenvalue weighted by Gasteiger charge is -2.07. The molecule has 8 nitrogen and oxygen atoms in total. The fourth-order valence-corrected chi connectivity index (χ4v) is 0.946. The van der Waals surface area contributed by atoms with Crippen molar-refractivity contribution in [2.24, 2.45) is 0 Å². The summed E-state index contributed by atoms with van der Waals surface area (Å²) in [4.78, 5) is 17.2. The number of aliphatic hydroxyl groups excluding tert-OH is 1. The van der Waals surface area contributed by atoms with Crippen molar-refractivity contribution < 1.29 is 10.0 Å². The lowest BCUT2D eigenvalue weighted by molar-refractivity contribution is -0.383. The molecule has 1 aromatic rings. The fraction of sp³-hybridized carbons (Fsp3) is 0.429. The van der Waals surface area contributed by atoms with Crippen molar-refractivity contribution in [1.82, 2.24) is 9.97 Å². The van der Waals surface area contributed by atoms with Gasteiger partial charge in [0.25, 0.3) is 0 Å². The zero-order chi connectivity index (χ0) is 11.4. The van der Waals surface area contributed by atoms with E-state index in [0.29, 0.717) is 0 Å². The zero-order valence-corrected chi connectivity index (χ0v) is 8.04. The number of aromatic nitrogens is 2. The van der Waals surface area contributed by atoms with Crippen LogP contribution in [0.5, 0.6) is 0 Å². The van der Waals surface area contributed by atoms with Crippen molar-refractivity contribution in [3.05, 3.63) is 16.4 Å².